The highest BCUT2D eigenvalue weighted by Crippen LogP contribution is 2.23. The van der Waals surface area contributed by atoms with Crippen LogP contribution in [0, 0.1) is 11.3 Å². The van der Waals surface area contributed by atoms with Crippen LogP contribution in [0.3, 0.4) is 0 Å². The number of amides is 2. The molecule has 1 N–H and O–H groups in total. The van der Waals surface area contributed by atoms with Gasteiger partial charge in [0.05, 0.1) is 12.1 Å². The summed E-state index contributed by atoms with van der Waals surface area (Å²) >= 11 is 0. The summed E-state index contributed by atoms with van der Waals surface area (Å²) in [5, 5.41) is 10.8. The zero-order valence-electron chi connectivity index (χ0n) is 11.8. The van der Waals surface area contributed by atoms with Gasteiger partial charge in [0.2, 0.25) is 0 Å². The number of carbonyl (C=O) groups is 2. The monoisotopic (exact) mass is 307 g/mol. The predicted octanol–water partition coefficient (Wildman–Crippen LogP) is 1.57. The van der Waals surface area contributed by atoms with Gasteiger partial charge in [0.1, 0.15) is 11.6 Å². The fraction of sp³-hybridized carbons (Fsp3) is 0.750. The van der Waals surface area contributed by atoms with Crippen LogP contribution in [0.1, 0.15) is 27.2 Å². The van der Waals surface area contributed by atoms with E-state index in [1.54, 1.807) is 32.2 Å². The van der Waals surface area contributed by atoms with Crippen LogP contribution in [0.2, 0.25) is 0 Å². The Morgan fingerprint density at radius 3 is 2.33 bits per heavy atom. The zero-order valence-corrected chi connectivity index (χ0v) is 11.8. The molecule has 0 saturated carbocycles. The molecule has 0 aromatic carbocycles. The van der Waals surface area contributed by atoms with Crippen molar-refractivity contribution in [3.05, 3.63) is 0 Å². The highest BCUT2D eigenvalue weighted by molar-refractivity contribution is 5.82. The minimum absolute atomic E-state index is 0.0376. The number of hydrogen-bond acceptors (Lipinski definition) is 4. The first-order chi connectivity index (χ1) is 9.45. The Kier molecular flexibility index (Phi) is 4.71. The molecular weight excluding hydrogens is 291 g/mol. The molecular formula is C12H16F3N3O3. The van der Waals surface area contributed by atoms with E-state index in [0.29, 0.717) is 0 Å². The Bertz CT molecular complexity index is 465. The molecule has 1 rings (SSSR count). The van der Waals surface area contributed by atoms with Crippen LogP contribution in [0.25, 0.3) is 0 Å². The van der Waals surface area contributed by atoms with Crippen molar-refractivity contribution >= 4 is 12.0 Å². The quantitative estimate of drug-likeness (QED) is 0.797. The first-order valence-electron chi connectivity index (χ1n) is 6.22. The lowest BCUT2D eigenvalue weighted by Gasteiger charge is -2.27. The second-order valence-electron chi connectivity index (χ2n) is 5.61. The van der Waals surface area contributed by atoms with Gasteiger partial charge in [0.15, 0.2) is 0 Å². The maximum Gasteiger partial charge on any atom is 0.471 e. The van der Waals surface area contributed by atoms with Crippen LogP contribution in [-0.2, 0) is 9.53 Å². The molecule has 1 aliphatic heterocycles. The van der Waals surface area contributed by atoms with Crippen molar-refractivity contribution in [1.82, 2.24) is 10.2 Å². The van der Waals surface area contributed by atoms with E-state index in [2.05, 4.69) is 0 Å². The summed E-state index contributed by atoms with van der Waals surface area (Å²) in [6, 6.07) is -0.531. The molecule has 1 saturated heterocycles. The Hall–Kier alpha value is -1.98. The van der Waals surface area contributed by atoms with Gasteiger partial charge in [0.25, 0.3) is 0 Å². The summed E-state index contributed by atoms with van der Waals surface area (Å²) in [5.41, 5.74) is -0.787. The lowest BCUT2D eigenvalue weighted by molar-refractivity contribution is -0.174. The van der Waals surface area contributed by atoms with E-state index in [1.165, 1.54) is 0 Å². The third-order valence-corrected chi connectivity index (χ3v) is 2.73. The minimum Gasteiger partial charge on any atom is -0.444 e. The van der Waals surface area contributed by atoms with Crippen molar-refractivity contribution in [3.63, 3.8) is 0 Å². The van der Waals surface area contributed by atoms with Gasteiger partial charge < -0.3 is 10.1 Å². The van der Waals surface area contributed by atoms with Crippen LogP contribution >= 0.6 is 0 Å². The van der Waals surface area contributed by atoms with Gasteiger partial charge in [0, 0.05) is 6.54 Å². The maximum absolute atomic E-state index is 12.2. The minimum atomic E-state index is -5.03. The van der Waals surface area contributed by atoms with E-state index >= 15 is 0 Å². The topological polar surface area (TPSA) is 82.4 Å². The molecule has 0 aliphatic carbocycles. The first-order valence-corrected chi connectivity index (χ1v) is 6.22. The summed E-state index contributed by atoms with van der Waals surface area (Å²) in [6.07, 6.45) is -5.77. The van der Waals surface area contributed by atoms with E-state index < -0.39 is 35.9 Å². The number of rotatable bonds is 1. The van der Waals surface area contributed by atoms with Crippen molar-refractivity contribution < 1.29 is 27.5 Å². The second kappa shape index (κ2) is 5.79. The fourth-order valence-corrected chi connectivity index (χ4v) is 1.88. The molecule has 0 aromatic rings. The summed E-state index contributed by atoms with van der Waals surface area (Å²) in [4.78, 5) is 23.8. The summed E-state index contributed by atoms with van der Waals surface area (Å²) in [7, 11) is 0. The normalized spacial score (nSPS) is 22.6. The summed E-state index contributed by atoms with van der Waals surface area (Å²) < 4.78 is 41.7. The van der Waals surface area contributed by atoms with Crippen LogP contribution in [0.4, 0.5) is 18.0 Å². The van der Waals surface area contributed by atoms with Gasteiger partial charge in [-0.25, -0.2) is 4.79 Å². The average molecular weight is 307 g/mol. The van der Waals surface area contributed by atoms with Crippen LogP contribution in [-0.4, -0.2) is 47.3 Å². The maximum atomic E-state index is 12.2. The lowest BCUT2D eigenvalue weighted by atomic mass is 10.1. The van der Waals surface area contributed by atoms with Gasteiger partial charge in [-0.05, 0) is 27.2 Å². The molecule has 0 spiro atoms. The van der Waals surface area contributed by atoms with E-state index in [-0.39, 0.29) is 13.0 Å². The Balaban J connectivity index is 2.75. The van der Waals surface area contributed by atoms with Crippen molar-refractivity contribution in [2.45, 2.75) is 51.1 Å². The first kappa shape index (κ1) is 17.1. The van der Waals surface area contributed by atoms with Gasteiger partial charge in [-0.3, -0.25) is 9.69 Å². The standard InChI is InChI=1S/C12H16F3N3O3/c1-11(2,3)21-10(20)18-5-4-7(8(18)6-16)17-9(19)12(13,14)15/h7-8H,4-5H2,1-3H3,(H,17,19). The number of nitrogens with zero attached hydrogens (tertiary/aromatic N) is 2. The molecule has 1 fully saturated rings. The number of alkyl halides is 3. The summed E-state index contributed by atoms with van der Waals surface area (Å²) in [6.45, 7) is 4.93. The molecule has 1 heterocycles. The van der Waals surface area contributed by atoms with Crippen molar-refractivity contribution in [1.29, 1.82) is 5.26 Å². The van der Waals surface area contributed by atoms with Crippen molar-refractivity contribution in [2.24, 2.45) is 0 Å². The number of ether oxygens (including phenoxy) is 1. The van der Waals surface area contributed by atoms with Gasteiger partial charge >= 0.3 is 18.2 Å². The third-order valence-electron chi connectivity index (χ3n) is 2.73. The van der Waals surface area contributed by atoms with Gasteiger partial charge in [-0.2, -0.15) is 18.4 Å². The molecule has 9 heteroatoms. The van der Waals surface area contributed by atoms with Gasteiger partial charge in [-0.15, -0.1) is 0 Å². The molecule has 6 nitrogen and oxygen atoms in total. The van der Waals surface area contributed by atoms with E-state index in [9.17, 15) is 22.8 Å². The number of halogens is 3. The number of nitrogens with one attached hydrogen (secondary N) is 1. The molecule has 0 bridgehead atoms. The molecule has 2 unspecified atom stereocenters. The van der Waals surface area contributed by atoms with Crippen LogP contribution < -0.4 is 5.32 Å². The highest BCUT2D eigenvalue weighted by atomic mass is 19.4. The molecule has 0 radical (unpaired) electrons. The predicted molar refractivity (Wildman–Crippen MR) is 64.9 cm³/mol. The molecule has 0 aromatic heterocycles. The summed E-state index contributed by atoms with van der Waals surface area (Å²) in [5.74, 6) is -2.13. The number of nitriles is 1. The molecule has 1 aliphatic rings. The van der Waals surface area contributed by atoms with E-state index in [1.807, 2.05) is 0 Å². The second-order valence-corrected chi connectivity index (χ2v) is 5.61. The van der Waals surface area contributed by atoms with Crippen LogP contribution in [0.5, 0.6) is 0 Å². The smallest absolute Gasteiger partial charge is 0.444 e. The number of carbonyl (C=O) groups excluding carboxylic acids is 2. The Morgan fingerprint density at radius 2 is 1.90 bits per heavy atom. The van der Waals surface area contributed by atoms with Crippen LogP contribution in [0.15, 0.2) is 0 Å². The number of hydrogen-bond donors (Lipinski definition) is 1. The molecule has 2 atom stereocenters. The molecule has 21 heavy (non-hydrogen) atoms. The van der Waals surface area contributed by atoms with Crippen molar-refractivity contribution in [2.75, 3.05) is 6.54 Å². The Labute approximate surface area is 119 Å². The lowest BCUT2D eigenvalue weighted by Crippen LogP contribution is -2.50. The average Bonchev–Trinajstić information content (AvgIpc) is 2.68. The molecule has 118 valence electrons. The SMILES string of the molecule is CC(C)(C)OC(=O)N1CCC(NC(=O)C(F)(F)F)C1C#N. The molecule has 2 amide bonds. The largest absolute Gasteiger partial charge is 0.471 e. The Morgan fingerprint density at radius 1 is 1.33 bits per heavy atom. The highest BCUT2D eigenvalue weighted by Gasteiger charge is 2.45. The van der Waals surface area contributed by atoms with E-state index in [4.69, 9.17) is 10.00 Å². The van der Waals surface area contributed by atoms with Crippen molar-refractivity contribution in [3.8, 4) is 6.07 Å². The third kappa shape index (κ3) is 4.51. The van der Waals surface area contributed by atoms with E-state index in [0.717, 1.165) is 4.90 Å². The number of likely N-dealkylation sites (tertiary alicyclic amines) is 1. The van der Waals surface area contributed by atoms with Gasteiger partial charge in [-0.1, -0.05) is 0 Å². The zero-order chi connectivity index (χ0) is 16.4. The fourth-order valence-electron chi connectivity index (χ4n) is 1.88.